The van der Waals surface area contributed by atoms with Gasteiger partial charge in [-0.1, -0.05) is 25.5 Å². The molecule has 1 aromatic carbocycles. The van der Waals surface area contributed by atoms with Crippen molar-refractivity contribution in [2.45, 2.75) is 26.2 Å². The van der Waals surface area contributed by atoms with Gasteiger partial charge in [0.2, 0.25) is 0 Å². The summed E-state index contributed by atoms with van der Waals surface area (Å²) < 4.78 is 0. The van der Waals surface area contributed by atoms with E-state index in [4.69, 9.17) is 0 Å². The van der Waals surface area contributed by atoms with E-state index >= 15 is 0 Å². The highest BCUT2D eigenvalue weighted by Crippen LogP contribution is 2.17. The minimum absolute atomic E-state index is 0.376. The Balaban J connectivity index is 2.62. The maximum atomic E-state index is 9.31. The van der Waals surface area contributed by atoms with Crippen LogP contribution in [-0.4, -0.2) is 5.11 Å². The van der Waals surface area contributed by atoms with Crippen LogP contribution in [0.1, 0.15) is 25.3 Å². The molecule has 0 spiro atoms. The van der Waals surface area contributed by atoms with Crippen molar-refractivity contribution < 1.29 is 5.11 Å². The summed E-state index contributed by atoms with van der Waals surface area (Å²) >= 11 is 0. The predicted molar refractivity (Wildman–Crippen MR) is 45.6 cm³/mol. The van der Waals surface area contributed by atoms with E-state index in [-0.39, 0.29) is 0 Å². The van der Waals surface area contributed by atoms with Crippen LogP contribution < -0.4 is 0 Å². The van der Waals surface area contributed by atoms with Gasteiger partial charge in [0.15, 0.2) is 0 Å². The van der Waals surface area contributed by atoms with Gasteiger partial charge in [-0.25, -0.2) is 0 Å². The van der Waals surface area contributed by atoms with Crippen LogP contribution in [0.2, 0.25) is 0 Å². The van der Waals surface area contributed by atoms with E-state index < -0.39 is 0 Å². The lowest BCUT2D eigenvalue weighted by molar-refractivity contribution is 0.467. The summed E-state index contributed by atoms with van der Waals surface area (Å²) in [5.41, 5.74) is 1.03. The first-order valence-corrected chi connectivity index (χ1v) is 4.02. The molecule has 1 N–H and O–H groups in total. The Hall–Kier alpha value is -0.980. The van der Waals surface area contributed by atoms with Crippen molar-refractivity contribution in [2.24, 2.45) is 0 Å². The number of rotatable bonds is 3. The van der Waals surface area contributed by atoms with Crippen LogP contribution in [0.3, 0.4) is 0 Å². The van der Waals surface area contributed by atoms with Gasteiger partial charge < -0.3 is 5.11 Å². The fourth-order valence-electron chi connectivity index (χ4n) is 1.03. The number of hydrogen-bond donors (Lipinski definition) is 1. The fourth-order valence-corrected chi connectivity index (χ4v) is 1.03. The molecule has 1 rings (SSSR count). The monoisotopic (exact) mass is 149 g/mol. The zero-order valence-corrected chi connectivity index (χ0v) is 6.80. The summed E-state index contributed by atoms with van der Waals surface area (Å²) in [4.78, 5) is 0. The minimum atomic E-state index is 0.376. The van der Waals surface area contributed by atoms with E-state index in [1.54, 1.807) is 6.07 Å². The van der Waals surface area contributed by atoms with Crippen LogP contribution in [0.25, 0.3) is 0 Å². The predicted octanol–water partition coefficient (Wildman–Crippen LogP) is 2.53. The molecule has 0 fully saturated rings. The number of aromatic hydroxyl groups is 1. The van der Waals surface area contributed by atoms with Gasteiger partial charge in [-0.2, -0.15) is 0 Å². The molecule has 0 aliphatic heterocycles. The number of phenols is 1. The van der Waals surface area contributed by atoms with E-state index in [1.165, 1.54) is 0 Å². The van der Waals surface area contributed by atoms with Crippen LogP contribution in [0.5, 0.6) is 5.75 Å². The smallest absolute Gasteiger partial charge is 0.119 e. The molecule has 1 heteroatoms. The van der Waals surface area contributed by atoms with Crippen LogP contribution in [0, 0.1) is 6.07 Å². The molecule has 1 aromatic rings. The minimum Gasteiger partial charge on any atom is -0.508 e. The molecular formula is C10H13O. The Bertz CT molecular complexity index is 218. The molecule has 0 atom stereocenters. The van der Waals surface area contributed by atoms with Crippen molar-refractivity contribution >= 4 is 0 Å². The summed E-state index contributed by atoms with van der Waals surface area (Å²) in [6.45, 7) is 2.14. The van der Waals surface area contributed by atoms with Crippen LogP contribution >= 0.6 is 0 Å². The van der Waals surface area contributed by atoms with Crippen LogP contribution in [0.15, 0.2) is 18.2 Å². The Labute approximate surface area is 67.7 Å². The molecule has 0 saturated carbocycles. The lowest BCUT2D eigenvalue weighted by atomic mass is 10.1. The number of hydrogen-bond acceptors (Lipinski definition) is 1. The SMILES string of the molecule is CCCCc1cc[c]cc1O. The highest BCUT2D eigenvalue weighted by atomic mass is 16.3. The van der Waals surface area contributed by atoms with Crippen molar-refractivity contribution in [3.8, 4) is 5.75 Å². The van der Waals surface area contributed by atoms with E-state index in [1.807, 2.05) is 12.1 Å². The molecule has 0 aliphatic carbocycles. The zero-order valence-electron chi connectivity index (χ0n) is 6.80. The third-order valence-corrected chi connectivity index (χ3v) is 1.73. The second-order valence-corrected chi connectivity index (χ2v) is 2.66. The van der Waals surface area contributed by atoms with Crippen molar-refractivity contribution in [2.75, 3.05) is 0 Å². The largest absolute Gasteiger partial charge is 0.508 e. The standard InChI is InChI=1S/C10H13O/c1-2-3-6-9-7-4-5-8-10(9)11/h4,7-8,11H,2-3,6H2,1H3. The van der Waals surface area contributed by atoms with Crippen LogP contribution in [0.4, 0.5) is 0 Å². The summed E-state index contributed by atoms with van der Waals surface area (Å²) in [6, 6.07) is 8.20. The summed E-state index contributed by atoms with van der Waals surface area (Å²) in [6.07, 6.45) is 3.27. The number of benzene rings is 1. The molecule has 1 nitrogen and oxygen atoms in total. The molecule has 0 bridgehead atoms. The third-order valence-electron chi connectivity index (χ3n) is 1.73. The number of aryl methyl sites for hydroxylation is 1. The zero-order chi connectivity index (χ0) is 8.10. The van der Waals surface area contributed by atoms with Gasteiger partial charge in [-0.15, -0.1) is 0 Å². The van der Waals surface area contributed by atoms with Crippen molar-refractivity contribution in [3.05, 3.63) is 29.8 Å². The quantitative estimate of drug-likeness (QED) is 0.700. The van der Waals surface area contributed by atoms with E-state index in [0.717, 1.165) is 24.8 Å². The number of phenolic OH excluding ortho intramolecular Hbond substituents is 1. The number of unbranched alkanes of at least 4 members (excludes halogenated alkanes) is 1. The van der Waals surface area contributed by atoms with Gasteiger partial charge in [0.1, 0.15) is 5.75 Å². The Morgan fingerprint density at radius 2 is 2.36 bits per heavy atom. The summed E-state index contributed by atoms with van der Waals surface area (Å²) in [5, 5.41) is 9.31. The molecule has 11 heavy (non-hydrogen) atoms. The van der Waals surface area contributed by atoms with Crippen molar-refractivity contribution in [1.82, 2.24) is 0 Å². The Morgan fingerprint density at radius 1 is 1.55 bits per heavy atom. The second-order valence-electron chi connectivity index (χ2n) is 2.66. The Morgan fingerprint density at radius 3 is 3.00 bits per heavy atom. The second kappa shape index (κ2) is 4.02. The van der Waals surface area contributed by atoms with Gasteiger partial charge in [0, 0.05) is 0 Å². The molecule has 0 unspecified atom stereocenters. The lowest BCUT2D eigenvalue weighted by Crippen LogP contribution is -1.84. The molecule has 0 saturated heterocycles. The van der Waals surface area contributed by atoms with Gasteiger partial charge >= 0.3 is 0 Å². The molecule has 0 amide bonds. The average Bonchev–Trinajstić information content (AvgIpc) is 2.03. The highest BCUT2D eigenvalue weighted by molar-refractivity contribution is 5.31. The third kappa shape index (κ3) is 2.26. The molecule has 1 radical (unpaired) electrons. The highest BCUT2D eigenvalue weighted by Gasteiger charge is 1.96. The molecule has 0 heterocycles. The van der Waals surface area contributed by atoms with Gasteiger partial charge in [-0.05, 0) is 30.5 Å². The van der Waals surface area contributed by atoms with Crippen molar-refractivity contribution in [3.63, 3.8) is 0 Å². The lowest BCUT2D eigenvalue weighted by Gasteiger charge is -2.01. The van der Waals surface area contributed by atoms with E-state index in [2.05, 4.69) is 13.0 Å². The molecular weight excluding hydrogens is 136 g/mol. The van der Waals surface area contributed by atoms with Gasteiger partial charge in [0.25, 0.3) is 0 Å². The van der Waals surface area contributed by atoms with E-state index in [9.17, 15) is 5.11 Å². The fraction of sp³-hybridized carbons (Fsp3) is 0.400. The first-order chi connectivity index (χ1) is 5.34. The maximum absolute atomic E-state index is 9.31. The summed E-state index contributed by atoms with van der Waals surface area (Å²) in [5.74, 6) is 0.376. The van der Waals surface area contributed by atoms with Crippen LogP contribution in [-0.2, 0) is 6.42 Å². The molecule has 0 aliphatic rings. The van der Waals surface area contributed by atoms with Gasteiger partial charge in [-0.3, -0.25) is 0 Å². The first-order valence-electron chi connectivity index (χ1n) is 4.02. The normalized spacial score (nSPS) is 9.91. The Kier molecular flexibility index (Phi) is 2.96. The molecule has 59 valence electrons. The first kappa shape index (κ1) is 8.12. The van der Waals surface area contributed by atoms with Crippen molar-refractivity contribution in [1.29, 1.82) is 0 Å². The maximum Gasteiger partial charge on any atom is 0.119 e. The summed E-state index contributed by atoms with van der Waals surface area (Å²) in [7, 11) is 0. The van der Waals surface area contributed by atoms with E-state index in [0.29, 0.717) is 5.75 Å². The molecule has 0 aromatic heterocycles. The van der Waals surface area contributed by atoms with Gasteiger partial charge in [0.05, 0.1) is 0 Å². The topological polar surface area (TPSA) is 20.2 Å². The average molecular weight is 149 g/mol.